The van der Waals surface area contributed by atoms with E-state index < -0.39 is 0 Å². The van der Waals surface area contributed by atoms with Crippen molar-refractivity contribution in [2.45, 2.75) is 70.3 Å². The van der Waals surface area contributed by atoms with Crippen molar-refractivity contribution in [2.24, 2.45) is 5.92 Å². The molecule has 6 nitrogen and oxygen atoms in total. The van der Waals surface area contributed by atoms with Crippen molar-refractivity contribution in [2.75, 3.05) is 13.1 Å². The maximum atomic E-state index is 12.8. The third kappa shape index (κ3) is 3.89. The number of aryl methyl sites for hydroxylation is 1. The van der Waals surface area contributed by atoms with Gasteiger partial charge in [-0.05, 0) is 56.2 Å². The maximum Gasteiger partial charge on any atom is 0.246 e. The molecule has 2 aliphatic heterocycles. The summed E-state index contributed by atoms with van der Waals surface area (Å²) in [6, 6.07) is 4.01. The molecule has 1 saturated carbocycles. The Hall–Kier alpha value is -2.37. The van der Waals surface area contributed by atoms with Crippen LogP contribution in [0.25, 0.3) is 6.08 Å². The van der Waals surface area contributed by atoms with E-state index in [1.807, 2.05) is 23.1 Å². The quantitative estimate of drug-likeness (QED) is 0.731. The monoisotopic (exact) mass is 394 g/mol. The number of piperidine rings is 1. The average molecular weight is 395 g/mol. The Kier molecular flexibility index (Phi) is 5.02. The topological polar surface area (TPSA) is 64.2 Å². The molecule has 6 heteroatoms. The van der Waals surface area contributed by atoms with Crippen LogP contribution in [-0.4, -0.2) is 38.7 Å². The Morgan fingerprint density at radius 2 is 2.07 bits per heavy atom. The summed E-state index contributed by atoms with van der Waals surface area (Å²) >= 11 is 0. The highest BCUT2D eigenvalue weighted by molar-refractivity contribution is 5.91. The molecule has 0 N–H and O–H groups in total. The van der Waals surface area contributed by atoms with E-state index in [4.69, 9.17) is 4.42 Å². The van der Waals surface area contributed by atoms with Gasteiger partial charge >= 0.3 is 0 Å². The lowest BCUT2D eigenvalue weighted by Gasteiger charge is -2.31. The molecule has 2 fully saturated rings. The molecule has 3 aliphatic rings. The highest BCUT2D eigenvalue weighted by Gasteiger charge is 2.36. The van der Waals surface area contributed by atoms with Crippen molar-refractivity contribution in [3.63, 3.8) is 0 Å². The zero-order chi connectivity index (χ0) is 19.8. The Morgan fingerprint density at radius 3 is 2.93 bits per heavy atom. The number of carbonyl (C=O) groups is 1. The van der Waals surface area contributed by atoms with E-state index in [-0.39, 0.29) is 11.8 Å². The summed E-state index contributed by atoms with van der Waals surface area (Å²) < 4.78 is 8.21. The number of nitrogens with zero attached hydrogens (tertiary/aromatic N) is 4. The second kappa shape index (κ2) is 7.81. The van der Waals surface area contributed by atoms with Gasteiger partial charge in [0.15, 0.2) is 0 Å². The molecule has 1 amide bonds. The molecule has 1 saturated heterocycles. The van der Waals surface area contributed by atoms with Gasteiger partial charge in [0.1, 0.15) is 23.2 Å². The molecule has 29 heavy (non-hydrogen) atoms. The van der Waals surface area contributed by atoms with E-state index in [2.05, 4.69) is 21.7 Å². The van der Waals surface area contributed by atoms with E-state index in [0.717, 1.165) is 68.0 Å². The number of furan rings is 1. The van der Waals surface area contributed by atoms with Crippen molar-refractivity contribution in [1.82, 2.24) is 19.7 Å². The smallest absolute Gasteiger partial charge is 0.246 e. The number of aromatic nitrogens is 3. The Labute approximate surface area is 172 Å². The first-order valence-corrected chi connectivity index (χ1v) is 11.2. The Balaban J connectivity index is 1.24. The van der Waals surface area contributed by atoms with Crippen LogP contribution in [0.5, 0.6) is 0 Å². The van der Waals surface area contributed by atoms with Crippen LogP contribution in [0.15, 0.2) is 22.6 Å². The molecule has 0 spiro atoms. The SMILES string of the molecule is CC1CC1c1ccc(/C=C/C(=O)N2CCCC(c3nnc4n3CCCCC4)C2)o1. The summed E-state index contributed by atoms with van der Waals surface area (Å²) in [5.74, 6) is 5.65. The molecule has 3 atom stereocenters. The van der Waals surface area contributed by atoms with Crippen molar-refractivity contribution < 1.29 is 9.21 Å². The predicted octanol–water partition coefficient (Wildman–Crippen LogP) is 4.14. The molecule has 0 aromatic carbocycles. The predicted molar refractivity (Wildman–Crippen MR) is 110 cm³/mol. The first kappa shape index (κ1) is 18.6. The lowest BCUT2D eigenvalue weighted by atomic mass is 9.97. The summed E-state index contributed by atoms with van der Waals surface area (Å²) in [7, 11) is 0. The van der Waals surface area contributed by atoms with Crippen molar-refractivity contribution in [3.8, 4) is 0 Å². The fourth-order valence-corrected chi connectivity index (χ4v) is 4.83. The van der Waals surface area contributed by atoms with Crippen LogP contribution in [0, 0.1) is 5.92 Å². The lowest BCUT2D eigenvalue weighted by Crippen LogP contribution is -2.39. The Bertz CT molecular complexity index is 912. The first-order chi connectivity index (χ1) is 14.2. The van der Waals surface area contributed by atoms with Crippen LogP contribution >= 0.6 is 0 Å². The number of amides is 1. The second-order valence-electron chi connectivity index (χ2n) is 8.95. The highest BCUT2D eigenvalue weighted by atomic mass is 16.3. The summed E-state index contributed by atoms with van der Waals surface area (Å²) in [5.41, 5.74) is 0. The molecule has 0 bridgehead atoms. The summed E-state index contributed by atoms with van der Waals surface area (Å²) in [6.45, 7) is 4.80. The van der Waals surface area contributed by atoms with Crippen LogP contribution in [-0.2, 0) is 17.8 Å². The molecule has 0 radical (unpaired) electrons. The molecular formula is C23H30N4O2. The molecule has 5 rings (SSSR count). The van der Waals surface area contributed by atoms with Crippen molar-refractivity contribution >= 4 is 12.0 Å². The molecule has 4 heterocycles. The zero-order valence-electron chi connectivity index (χ0n) is 17.2. The highest BCUT2D eigenvalue weighted by Crippen LogP contribution is 2.47. The molecular weight excluding hydrogens is 364 g/mol. The third-order valence-electron chi connectivity index (χ3n) is 6.75. The number of hydrogen-bond acceptors (Lipinski definition) is 4. The minimum Gasteiger partial charge on any atom is -0.461 e. The molecule has 1 aliphatic carbocycles. The number of carbonyl (C=O) groups excluding carboxylic acids is 1. The van der Waals surface area contributed by atoms with Gasteiger partial charge in [-0.2, -0.15) is 0 Å². The van der Waals surface area contributed by atoms with Gasteiger partial charge in [-0.1, -0.05) is 13.3 Å². The largest absolute Gasteiger partial charge is 0.461 e. The number of rotatable bonds is 4. The normalized spacial score (nSPS) is 27.1. The fourth-order valence-electron chi connectivity index (χ4n) is 4.83. The maximum absolute atomic E-state index is 12.8. The second-order valence-corrected chi connectivity index (χ2v) is 8.95. The lowest BCUT2D eigenvalue weighted by molar-refractivity contribution is -0.127. The van der Waals surface area contributed by atoms with E-state index in [9.17, 15) is 4.79 Å². The molecule has 2 aromatic heterocycles. The third-order valence-corrected chi connectivity index (χ3v) is 6.75. The van der Waals surface area contributed by atoms with Crippen LogP contribution in [0.4, 0.5) is 0 Å². The van der Waals surface area contributed by atoms with Crippen LogP contribution in [0.2, 0.25) is 0 Å². The van der Waals surface area contributed by atoms with E-state index in [1.165, 1.54) is 25.7 Å². The van der Waals surface area contributed by atoms with Gasteiger partial charge in [0.05, 0.1) is 0 Å². The van der Waals surface area contributed by atoms with Crippen molar-refractivity contribution in [1.29, 1.82) is 0 Å². The van der Waals surface area contributed by atoms with Crippen LogP contribution < -0.4 is 0 Å². The zero-order valence-corrected chi connectivity index (χ0v) is 17.2. The van der Waals surface area contributed by atoms with Gasteiger partial charge in [-0.15, -0.1) is 10.2 Å². The van der Waals surface area contributed by atoms with E-state index >= 15 is 0 Å². The fraction of sp³-hybridized carbons (Fsp3) is 0.609. The number of hydrogen-bond donors (Lipinski definition) is 0. The van der Waals surface area contributed by atoms with Gasteiger partial charge in [-0.25, -0.2) is 0 Å². The first-order valence-electron chi connectivity index (χ1n) is 11.2. The summed E-state index contributed by atoms with van der Waals surface area (Å²) in [4.78, 5) is 14.7. The number of likely N-dealkylation sites (tertiary alicyclic amines) is 1. The minimum atomic E-state index is 0.0584. The van der Waals surface area contributed by atoms with Gasteiger partial charge in [0, 0.05) is 44.0 Å². The standard InChI is InChI=1S/C23H30N4O2/c1-16-14-19(16)20-10-8-18(29-20)9-11-22(28)26-12-5-6-17(15-26)23-25-24-21-7-3-2-4-13-27(21)23/h8-11,16-17,19H,2-7,12-15H2,1H3/b11-9+. The van der Waals surface area contributed by atoms with Gasteiger partial charge in [0.25, 0.3) is 0 Å². The van der Waals surface area contributed by atoms with Crippen LogP contribution in [0.1, 0.15) is 80.5 Å². The summed E-state index contributed by atoms with van der Waals surface area (Å²) in [5, 5.41) is 8.97. The molecule has 2 aromatic rings. The van der Waals surface area contributed by atoms with E-state index in [1.54, 1.807) is 6.08 Å². The Morgan fingerprint density at radius 1 is 1.17 bits per heavy atom. The van der Waals surface area contributed by atoms with Gasteiger partial charge in [-0.3, -0.25) is 4.79 Å². The van der Waals surface area contributed by atoms with Crippen LogP contribution in [0.3, 0.4) is 0 Å². The summed E-state index contributed by atoms with van der Waals surface area (Å²) in [6.07, 6.45) is 11.4. The van der Waals surface area contributed by atoms with E-state index in [0.29, 0.717) is 5.92 Å². The average Bonchev–Trinajstić information content (AvgIpc) is 3.18. The van der Waals surface area contributed by atoms with Crippen molar-refractivity contribution in [3.05, 3.63) is 41.4 Å². The van der Waals surface area contributed by atoms with Gasteiger partial charge < -0.3 is 13.9 Å². The molecule has 154 valence electrons. The van der Waals surface area contributed by atoms with Gasteiger partial charge in [0.2, 0.25) is 5.91 Å². The molecule has 3 unspecified atom stereocenters. The minimum absolute atomic E-state index is 0.0584. The number of fused-ring (bicyclic) bond motifs is 1.